The number of nitrogens with one attached hydrogen (secondary N) is 1. The van der Waals surface area contributed by atoms with Crippen LogP contribution in [-0.2, 0) is 0 Å². The van der Waals surface area contributed by atoms with Gasteiger partial charge in [0.05, 0.1) is 11.4 Å². The number of likely N-dealkylation sites (tertiary alicyclic amines) is 1. The van der Waals surface area contributed by atoms with Crippen molar-refractivity contribution in [3.05, 3.63) is 36.0 Å². The number of nitrogens with two attached hydrogens (primary N) is 1. The Kier molecular flexibility index (Phi) is 5.15. The summed E-state index contributed by atoms with van der Waals surface area (Å²) in [6.45, 7) is 4.72. The molecule has 1 aromatic carbocycles. The zero-order valence-electron chi connectivity index (χ0n) is 16.5. The summed E-state index contributed by atoms with van der Waals surface area (Å²) in [5, 5.41) is 3.64. The number of anilines is 2. The zero-order chi connectivity index (χ0) is 18.1. The van der Waals surface area contributed by atoms with Crippen LogP contribution in [0.1, 0.15) is 65.2 Å². The van der Waals surface area contributed by atoms with Crippen LogP contribution in [0.15, 0.2) is 36.0 Å². The van der Waals surface area contributed by atoms with Crippen LogP contribution in [0.5, 0.6) is 0 Å². The van der Waals surface area contributed by atoms with E-state index < -0.39 is 0 Å². The van der Waals surface area contributed by atoms with E-state index in [1.807, 2.05) is 12.1 Å². The lowest BCUT2D eigenvalue weighted by atomic mass is 9.61. The predicted molar refractivity (Wildman–Crippen MR) is 111 cm³/mol. The van der Waals surface area contributed by atoms with Gasteiger partial charge >= 0.3 is 0 Å². The van der Waals surface area contributed by atoms with Crippen molar-refractivity contribution in [3.63, 3.8) is 0 Å². The topological polar surface area (TPSA) is 41.3 Å². The summed E-state index contributed by atoms with van der Waals surface area (Å²) < 4.78 is 0. The van der Waals surface area contributed by atoms with Crippen LogP contribution in [0.2, 0.25) is 0 Å². The van der Waals surface area contributed by atoms with Gasteiger partial charge in [0.1, 0.15) is 0 Å². The molecule has 1 saturated heterocycles. The Morgan fingerprint density at radius 1 is 1.15 bits per heavy atom. The van der Waals surface area contributed by atoms with Crippen molar-refractivity contribution in [2.75, 3.05) is 11.1 Å². The molecule has 1 aromatic rings. The lowest BCUT2D eigenvalue weighted by Crippen LogP contribution is -2.45. The number of rotatable bonds is 5. The molecule has 3 N–H and O–H groups in total. The first-order chi connectivity index (χ1) is 12.6. The Morgan fingerprint density at radius 3 is 2.62 bits per heavy atom. The molecule has 2 unspecified atom stereocenters. The minimum Gasteiger partial charge on any atom is -0.397 e. The minimum atomic E-state index is 0.428. The molecule has 0 amide bonds. The summed E-state index contributed by atoms with van der Waals surface area (Å²) >= 11 is 0. The highest BCUT2D eigenvalue weighted by Crippen LogP contribution is 2.50. The summed E-state index contributed by atoms with van der Waals surface area (Å²) in [5.74, 6) is 1.81. The molecule has 3 aliphatic rings. The standard InChI is InChI=1S/C23H35N3/c1-16(25-23-12-4-3-11-22(23)24)13-20-10-5-7-17(2)26(20)15-21-18-8-6-9-19(21)14-18/h3-4,11-12,15-20,25H,5-10,13-14,24H2,1-2H3/t16-,17-,18?,19?,20-/m0/s1. The monoisotopic (exact) mass is 353 g/mol. The van der Waals surface area contributed by atoms with Crippen molar-refractivity contribution in [1.82, 2.24) is 4.90 Å². The quantitative estimate of drug-likeness (QED) is 0.696. The van der Waals surface area contributed by atoms with Crippen molar-refractivity contribution in [3.8, 4) is 0 Å². The molecule has 2 saturated carbocycles. The normalized spacial score (nSPS) is 31.9. The molecule has 4 rings (SSSR count). The molecule has 0 spiro atoms. The second kappa shape index (κ2) is 7.54. The zero-order valence-corrected chi connectivity index (χ0v) is 16.5. The minimum absolute atomic E-state index is 0.428. The molecule has 1 heterocycles. The fraction of sp³-hybridized carbons (Fsp3) is 0.652. The number of allylic oxidation sites excluding steroid dienone is 1. The Labute approximate surface area is 159 Å². The summed E-state index contributed by atoms with van der Waals surface area (Å²) in [4.78, 5) is 2.73. The average molecular weight is 354 g/mol. The summed E-state index contributed by atoms with van der Waals surface area (Å²) in [6, 6.07) is 9.87. The van der Waals surface area contributed by atoms with Crippen LogP contribution in [0.25, 0.3) is 0 Å². The molecule has 3 fully saturated rings. The lowest BCUT2D eigenvalue weighted by molar-refractivity contribution is 0.127. The second-order valence-corrected chi connectivity index (χ2v) is 8.94. The molecule has 0 aromatic heterocycles. The Hall–Kier alpha value is -1.64. The van der Waals surface area contributed by atoms with E-state index in [1.165, 1.54) is 51.4 Å². The van der Waals surface area contributed by atoms with Crippen LogP contribution < -0.4 is 11.1 Å². The summed E-state index contributed by atoms with van der Waals surface area (Å²) in [5.41, 5.74) is 9.81. The van der Waals surface area contributed by atoms with E-state index >= 15 is 0 Å². The van der Waals surface area contributed by atoms with E-state index in [2.05, 4.69) is 42.4 Å². The van der Waals surface area contributed by atoms with Gasteiger partial charge in [0.25, 0.3) is 0 Å². The van der Waals surface area contributed by atoms with E-state index in [0.29, 0.717) is 18.1 Å². The smallest absolute Gasteiger partial charge is 0.0575 e. The third-order valence-corrected chi connectivity index (χ3v) is 6.99. The maximum absolute atomic E-state index is 6.11. The average Bonchev–Trinajstić information content (AvgIpc) is 2.63. The van der Waals surface area contributed by atoms with Crippen molar-refractivity contribution in [1.29, 1.82) is 0 Å². The van der Waals surface area contributed by atoms with E-state index in [0.717, 1.165) is 23.2 Å². The number of nitrogen functional groups attached to an aromatic ring is 1. The number of hydrogen-bond donors (Lipinski definition) is 2. The first kappa shape index (κ1) is 17.8. The Balaban J connectivity index is 1.43. The van der Waals surface area contributed by atoms with Crippen LogP contribution in [-0.4, -0.2) is 23.0 Å². The third-order valence-electron chi connectivity index (χ3n) is 6.99. The fourth-order valence-corrected chi connectivity index (χ4v) is 5.49. The van der Waals surface area contributed by atoms with Gasteiger partial charge in [-0.25, -0.2) is 0 Å². The van der Waals surface area contributed by atoms with Gasteiger partial charge in [-0.15, -0.1) is 0 Å². The highest BCUT2D eigenvalue weighted by Gasteiger charge is 2.39. The van der Waals surface area contributed by atoms with Gasteiger partial charge in [0.15, 0.2) is 0 Å². The van der Waals surface area contributed by atoms with Crippen LogP contribution >= 0.6 is 0 Å². The van der Waals surface area contributed by atoms with Crippen molar-refractivity contribution in [2.24, 2.45) is 11.8 Å². The molecule has 3 heteroatoms. The van der Waals surface area contributed by atoms with Gasteiger partial charge in [-0.3, -0.25) is 0 Å². The molecule has 2 aliphatic carbocycles. The number of fused-ring (bicyclic) bond motifs is 2. The van der Waals surface area contributed by atoms with E-state index in [1.54, 1.807) is 5.57 Å². The molecular weight excluding hydrogens is 318 g/mol. The highest BCUT2D eigenvalue weighted by molar-refractivity contribution is 5.65. The number of nitrogens with zero attached hydrogens (tertiary/aromatic N) is 1. The van der Waals surface area contributed by atoms with Crippen molar-refractivity contribution < 1.29 is 0 Å². The molecule has 5 atom stereocenters. The first-order valence-electron chi connectivity index (χ1n) is 10.7. The van der Waals surface area contributed by atoms with E-state index in [-0.39, 0.29) is 0 Å². The highest BCUT2D eigenvalue weighted by atomic mass is 15.2. The number of benzene rings is 1. The molecule has 26 heavy (non-hydrogen) atoms. The van der Waals surface area contributed by atoms with Crippen LogP contribution in [0, 0.1) is 11.8 Å². The molecule has 142 valence electrons. The number of hydrogen-bond acceptors (Lipinski definition) is 3. The van der Waals surface area contributed by atoms with Crippen LogP contribution in [0.4, 0.5) is 11.4 Å². The molecule has 2 bridgehead atoms. The van der Waals surface area contributed by atoms with Gasteiger partial charge in [0.2, 0.25) is 0 Å². The predicted octanol–water partition coefficient (Wildman–Crippen LogP) is 5.41. The van der Waals surface area contributed by atoms with Gasteiger partial charge in [-0.1, -0.05) is 18.6 Å². The first-order valence-corrected chi connectivity index (χ1v) is 10.7. The fourth-order valence-electron chi connectivity index (χ4n) is 5.49. The van der Waals surface area contributed by atoms with E-state index in [4.69, 9.17) is 5.73 Å². The maximum Gasteiger partial charge on any atom is 0.0575 e. The molecule has 1 aliphatic heterocycles. The van der Waals surface area contributed by atoms with Crippen molar-refractivity contribution in [2.45, 2.75) is 83.3 Å². The van der Waals surface area contributed by atoms with Crippen LogP contribution in [0.3, 0.4) is 0 Å². The largest absolute Gasteiger partial charge is 0.397 e. The van der Waals surface area contributed by atoms with Gasteiger partial charge in [-0.05, 0) is 94.5 Å². The summed E-state index contributed by atoms with van der Waals surface area (Å²) in [7, 11) is 0. The lowest BCUT2D eigenvalue weighted by Gasteiger charge is -2.48. The van der Waals surface area contributed by atoms with Gasteiger partial charge in [0, 0.05) is 18.1 Å². The molecule has 0 radical (unpaired) electrons. The maximum atomic E-state index is 6.11. The van der Waals surface area contributed by atoms with Gasteiger partial charge in [-0.2, -0.15) is 0 Å². The Bertz CT molecular complexity index is 637. The molecular formula is C23H35N3. The Morgan fingerprint density at radius 2 is 1.88 bits per heavy atom. The SMILES string of the molecule is C[C@@H](C[C@@H]1CCC[C@H](C)N1C=C1C2CCCC1C2)Nc1ccccc1N. The van der Waals surface area contributed by atoms with Crippen molar-refractivity contribution >= 4 is 11.4 Å². The molecule has 3 nitrogen and oxygen atoms in total. The second-order valence-electron chi connectivity index (χ2n) is 8.94. The van der Waals surface area contributed by atoms with E-state index in [9.17, 15) is 0 Å². The third kappa shape index (κ3) is 3.58. The number of piperidine rings is 1. The number of para-hydroxylation sites is 2. The summed E-state index contributed by atoms with van der Waals surface area (Å²) in [6.07, 6.45) is 13.6. The van der Waals surface area contributed by atoms with Gasteiger partial charge < -0.3 is 16.0 Å².